The van der Waals surface area contributed by atoms with E-state index in [2.05, 4.69) is 5.32 Å². The molecule has 0 saturated heterocycles. The van der Waals surface area contributed by atoms with E-state index in [1.807, 2.05) is 55.5 Å². The number of amides is 1. The first kappa shape index (κ1) is 17.3. The van der Waals surface area contributed by atoms with Crippen LogP contribution >= 0.6 is 12.4 Å². The second-order valence-corrected chi connectivity index (χ2v) is 5.64. The Morgan fingerprint density at radius 1 is 1.22 bits per heavy atom. The summed E-state index contributed by atoms with van der Waals surface area (Å²) in [5.41, 5.74) is 9.10. The highest BCUT2D eigenvalue weighted by atomic mass is 35.5. The van der Waals surface area contributed by atoms with Crippen LogP contribution in [0.25, 0.3) is 0 Å². The SMILES string of the molecule is CC(C(=O)Nc1ccc2c(c1)CCO2)C(N)c1ccccc1.Cl. The van der Waals surface area contributed by atoms with Gasteiger partial charge in [-0.15, -0.1) is 12.4 Å². The van der Waals surface area contributed by atoms with Crippen molar-refractivity contribution >= 4 is 24.0 Å². The van der Waals surface area contributed by atoms with E-state index < -0.39 is 0 Å². The van der Waals surface area contributed by atoms with Crippen molar-refractivity contribution in [3.63, 3.8) is 0 Å². The summed E-state index contributed by atoms with van der Waals surface area (Å²) in [7, 11) is 0. The molecular formula is C18H21ClN2O2. The highest BCUT2D eigenvalue weighted by Gasteiger charge is 2.22. The van der Waals surface area contributed by atoms with Crippen LogP contribution in [-0.2, 0) is 11.2 Å². The molecule has 1 amide bonds. The Kier molecular flexibility index (Phi) is 5.64. The third kappa shape index (κ3) is 3.84. The Morgan fingerprint density at radius 2 is 1.96 bits per heavy atom. The second kappa shape index (κ2) is 7.49. The molecule has 3 rings (SSSR count). The zero-order valence-electron chi connectivity index (χ0n) is 13.0. The number of fused-ring (bicyclic) bond motifs is 1. The van der Waals surface area contributed by atoms with E-state index in [-0.39, 0.29) is 30.3 Å². The van der Waals surface area contributed by atoms with Crippen LogP contribution < -0.4 is 15.8 Å². The van der Waals surface area contributed by atoms with Crippen LogP contribution in [0, 0.1) is 5.92 Å². The Hall–Kier alpha value is -2.04. The quantitative estimate of drug-likeness (QED) is 0.902. The number of carbonyl (C=O) groups is 1. The molecule has 2 aromatic carbocycles. The molecule has 3 N–H and O–H groups in total. The van der Waals surface area contributed by atoms with Crippen LogP contribution in [0.5, 0.6) is 5.75 Å². The number of rotatable bonds is 4. The van der Waals surface area contributed by atoms with Crippen LogP contribution in [0.2, 0.25) is 0 Å². The van der Waals surface area contributed by atoms with Gasteiger partial charge in [-0.05, 0) is 29.3 Å². The molecule has 1 heterocycles. The van der Waals surface area contributed by atoms with Crippen molar-refractivity contribution in [2.45, 2.75) is 19.4 Å². The van der Waals surface area contributed by atoms with Gasteiger partial charge < -0.3 is 15.8 Å². The molecule has 0 fully saturated rings. The van der Waals surface area contributed by atoms with Crippen molar-refractivity contribution in [1.29, 1.82) is 0 Å². The summed E-state index contributed by atoms with van der Waals surface area (Å²) in [6.07, 6.45) is 0.887. The zero-order valence-corrected chi connectivity index (χ0v) is 13.8. The summed E-state index contributed by atoms with van der Waals surface area (Å²) >= 11 is 0. The van der Waals surface area contributed by atoms with Crippen LogP contribution in [0.1, 0.15) is 24.1 Å². The molecule has 0 radical (unpaired) electrons. The Bertz CT molecular complexity index is 676. The molecule has 2 aromatic rings. The number of nitrogens with two attached hydrogens (primary N) is 1. The standard InChI is InChI=1S/C18H20N2O2.ClH/c1-12(17(19)13-5-3-2-4-6-13)18(21)20-15-7-8-16-14(11-15)9-10-22-16;/h2-8,11-12,17H,9-10,19H2,1H3,(H,20,21);1H. The van der Waals surface area contributed by atoms with E-state index in [9.17, 15) is 4.79 Å². The van der Waals surface area contributed by atoms with Gasteiger partial charge >= 0.3 is 0 Å². The number of nitrogens with one attached hydrogen (secondary N) is 1. The minimum absolute atomic E-state index is 0. The molecule has 4 nitrogen and oxygen atoms in total. The number of hydrogen-bond donors (Lipinski definition) is 2. The van der Waals surface area contributed by atoms with Gasteiger partial charge in [-0.2, -0.15) is 0 Å². The van der Waals surface area contributed by atoms with E-state index in [0.717, 1.165) is 29.0 Å². The third-order valence-electron chi connectivity index (χ3n) is 4.09. The third-order valence-corrected chi connectivity index (χ3v) is 4.09. The number of benzene rings is 2. The van der Waals surface area contributed by atoms with E-state index >= 15 is 0 Å². The summed E-state index contributed by atoms with van der Waals surface area (Å²) < 4.78 is 5.47. The predicted molar refractivity (Wildman–Crippen MR) is 94.1 cm³/mol. The first-order valence-electron chi connectivity index (χ1n) is 7.52. The zero-order chi connectivity index (χ0) is 15.5. The first-order chi connectivity index (χ1) is 10.6. The van der Waals surface area contributed by atoms with Gasteiger partial charge in [0.15, 0.2) is 0 Å². The molecule has 1 aliphatic rings. The summed E-state index contributed by atoms with van der Waals surface area (Å²) in [6, 6.07) is 15.1. The number of hydrogen-bond acceptors (Lipinski definition) is 3. The molecule has 0 bridgehead atoms. The van der Waals surface area contributed by atoms with Crippen molar-refractivity contribution in [1.82, 2.24) is 0 Å². The summed E-state index contributed by atoms with van der Waals surface area (Å²) in [4.78, 5) is 12.4. The molecule has 122 valence electrons. The van der Waals surface area contributed by atoms with Crippen LogP contribution in [-0.4, -0.2) is 12.5 Å². The number of anilines is 1. The highest BCUT2D eigenvalue weighted by Crippen LogP contribution is 2.28. The van der Waals surface area contributed by atoms with Gasteiger partial charge in [-0.1, -0.05) is 37.3 Å². The smallest absolute Gasteiger partial charge is 0.229 e. The van der Waals surface area contributed by atoms with E-state index in [0.29, 0.717) is 6.61 Å². The van der Waals surface area contributed by atoms with Crippen molar-refractivity contribution in [3.05, 3.63) is 59.7 Å². The Balaban J connectivity index is 0.00000192. The van der Waals surface area contributed by atoms with E-state index in [1.165, 1.54) is 0 Å². The van der Waals surface area contributed by atoms with E-state index in [4.69, 9.17) is 10.5 Å². The van der Waals surface area contributed by atoms with Crippen LogP contribution in [0.3, 0.4) is 0 Å². The van der Waals surface area contributed by atoms with Crippen molar-refractivity contribution in [2.75, 3.05) is 11.9 Å². The molecule has 0 aliphatic carbocycles. The maximum Gasteiger partial charge on any atom is 0.229 e. The lowest BCUT2D eigenvalue weighted by molar-refractivity contribution is -0.120. The molecular weight excluding hydrogens is 312 g/mol. The normalized spacial score (nSPS) is 14.9. The summed E-state index contributed by atoms with van der Waals surface area (Å²) in [5, 5.41) is 2.95. The van der Waals surface area contributed by atoms with Gasteiger partial charge in [-0.3, -0.25) is 4.79 Å². The topological polar surface area (TPSA) is 64.3 Å². The lowest BCUT2D eigenvalue weighted by Gasteiger charge is -2.20. The lowest BCUT2D eigenvalue weighted by Crippen LogP contribution is -2.30. The fraction of sp³-hybridized carbons (Fsp3) is 0.278. The molecule has 2 atom stereocenters. The molecule has 0 aromatic heterocycles. The molecule has 1 aliphatic heterocycles. The van der Waals surface area contributed by atoms with Gasteiger partial charge in [0, 0.05) is 18.2 Å². The fourth-order valence-corrected chi connectivity index (χ4v) is 2.65. The van der Waals surface area contributed by atoms with Crippen molar-refractivity contribution in [2.24, 2.45) is 11.7 Å². The van der Waals surface area contributed by atoms with Crippen molar-refractivity contribution < 1.29 is 9.53 Å². The average molecular weight is 333 g/mol. The molecule has 23 heavy (non-hydrogen) atoms. The lowest BCUT2D eigenvalue weighted by atomic mass is 9.94. The van der Waals surface area contributed by atoms with Crippen molar-refractivity contribution in [3.8, 4) is 5.75 Å². The maximum atomic E-state index is 12.4. The molecule has 0 saturated carbocycles. The van der Waals surface area contributed by atoms with Gasteiger partial charge in [0.05, 0.1) is 12.5 Å². The Labute approximate surface area is 142 Å². The minimum atomic E-state index is -0.320. The number of halogens is 1. The monoisotopic (exact) mass is 332 g/mol. The Morgan fingerprint density at radius 3 is 2.70 bits per heavy atom. The van der Waals surface area contributed by atoms with Crippen LogP contribution in [0.15, 0.2) is 48.5 Å². The van der Waals surface area contributed by atoms with Crippen LogP contribution in [0.4, 0.5) is 5.69 Å². The van der Waals surface area contributed by atoms with Gasteiger partial charge in [0.1, 0.15) is 5.75 Å². The van der Waals surface area contributed by atoms with E-state index in [1.54, 1.807) is 0 Å². The van der Waals surface area contributed by atoms with Gasteiger partial charge in [0.2, 0.25) is 5.91 Å². The molecule has 5 heteroatoms. The largest absolute Gasteiger partial charge is 0.493 e. The first-order valence-corrected chi connectivity index (χ1v) is 7.52. The highest BCUT2D eigenvalue weighted by molar-refractivity contribution is 5.93. The fourth-order valence-electron chi connectivity index (χ4n) is 2.65. The summed E-state index contributed by atoms with van der Waals surface area (Å²) in [5.74, 6) is 0.522. The van der Waals surface area contributed by atoms with Gasteiger partial charge in [0.25, 0.3) is 0 Å². The summed E-state index contributed by atoms with van der Waals surface area (Å²) in [6.45, 7) is 2.56. The number of ether oxygens (including phenoxy) is 1. The second-order valence-electron chi connectivity index (χ2n) is 5.64. The molecule has 0 spiro atoms. The average Bonchev–Trinajstić information content (AvgIpc) is 3.02. The molecule has 2 unspecified atom stereocenters. The number of carbonyl (C=O) groups excluding carboxylic acids is 1. The maximum absolute atomic E-state index is 12.4. The predicted octanol–water partition coefficient (Wildman–Crippen LogP) is 3.32. The van der Waals surface area contributed by atoms with Gasteiger partial charge in [-0.25, -0.2) is 0 Å². The minimum Gasteiger partial charge on any atom is -0.493 e.